The van der Waals surface area contributed by atoms with Crippen LogP contribution in [0.5, 0.6) is 0 Å². The second kappa shape index (κ2) is 2.61. The molecule has 0 saturated heterocycles. The zero-order valence-corrected chi connectivity index (χ0v) is 6.14. The normalized spacial score (nSPS) is 24.2. The molecule has 1 atom stereocenters. The SMILES string of the molecule is O=S(=O)(O)C1N=CC=CN1O. The Morgan fingerprint density at radius 2 is 2.18 bits per heavy atom. The maximum atomic E-state index is 10.4. The summed E-state index contributed by atoms with van der Waals surface area (Å²) >= 11 is 0. The van der Waals surface area contributed by atoms with Crippen LogP contribution < -0.4 is 0 Å². The molecule has 7 heteroatoms. The minimum absolute atomic E-state index is 0.301. The summed E-state index contributed by atoms with van der Waals surface area (Å²) in [6.45, 7) is 0. The van der Waals surface area contributed by atoms with Gasteiger partial charge in [0, 0.05) is 12.4 Å². The van der Waals surface area contributed by atoms with Crippen molar-refractivity contribution >= 4 is 16.3 Å². The van der Waals surface area contributed by atoms with Gasteiger partial charge in [0.05, 0.1) is 0 Å². The smallest absolute Gasteiger partial charge is 0.286 e. The molecular formula is C4H6N2O4S. The maximum absolute atomic E-state index is 10.4. The van der Waals surface area contributed by atoms with Crippen LogP contribution in [-0.4, -0.2) is 35.0 Å². The zero-order valence-electron chi connectivity index (χ0n) is 5.32. The van der Waals surface area contributed by atoms with Crippen LogP contribution >= 0.6 is 0 Å². The van der Waals surface area contributed by atoms with E-state index >= 15 is 0 Å². The third-order valence-electron chi connectivity index (χ3n) is 1.03. The minimum Gasteiger partial charge on any atom is -0.286 e. The lowest BCUT2D eigenvalue weighted by Gasteiger charge is -2.19. The van der Waals surface area contributed by atoms with Gasteiger partial charge in [-0.2, -0.15) is 8.42 Å². The van der Waals surface area contributed by atoms with Crippen LogP contribution in [0, 0.1) is 0 Å². The Hall–Kier alpha value is -0.920. The highest BCUT2D eigenvalue weighted by molar-refractivity contribution is 7.86. The summed E-state index contributed by atoms with van der Waals surface area (Å²) in [6.07, 6.45) is 3.58. The number of hydroxylamine groups is 2. The molecule has 0 fully saturated rings. The Morgan fingerprint density at radius 3 is 2.55 bits per heavy atom. The number of nitrogens with zero attached hydrogens (tertiary/aromatic N) is 2. The summed E-state index contributed by atoms with van der Waals surface area (Å²) in [7, 11) is -4.35. The van der Waals surface area contributed by atoms with Crippen molar-refractivity contribution in [2.24, 2.45) is 4.99 Å². The Labute approximate surface area is 63.2 Å². The fourth-order valence-corrected chi connectivity index (χ4v) is 1.17. The number of aliphatic imine (C=N–C) groups is 1. The minimum atomic E-state index is -4.35. The van der Waals surface area contributed by atoms with Gasteiger partial charge in [0.1, 0.15) is 0 Å². The molecule has 6 nitrogen and oxygen atoms in total. The molecule has 0 aromatic heterocycles. The molecule has 62 valence electrons. The van der Waals surface area contributed by atoms with E-state index in [1.165, 1.54) is 12.3 Å². The van der Waals surface area contributed by atoms with Crippen molar-refractivity contribution in [1.29, 1.82) is 0 Å². The van der Waals surface area contributed by atoms with Gasteiger partial charge in [0.15, 0.2) is 0 Å². The van der Waals surface area contributed by atoms with Gasteiger partial charge in [0.2, 0.25) is 0 Å². The van der Waals surface area contributed by atoms with Crippen LogP contribution in [0.3, 0.4) is 0 Å². The Bertz CT molecular complexity index is 293. The first-order valence-electron chi connectivity index (χ1n) is 2.65. The average molecular weight is 178 g/mol. The maximum Gasteiger partial charge on any atom is 0.310 e. The topological polar surface area (TPSA) is 90.2 Å². The summed E-state index contributed by atoms with van der Waals surface area (Å²) in [6, 6.07) is 0. The molecule has 11 heavy (non-hydrogen) atoms. The number of rotatable bonds is 1. The highest BCUT2D eigenvalue weighted by Crippen LogP contribution is 2.08. The van der Waals surface area contributed by atoms with Gasteiger partial charge in [-0.05, 0) is 6.08 Å². The van der Waals surface area contributed by atoms with Gasteiger partial charge in [-0.1, -0.05) is 0 Å². The van der Waals surface area contributed by atoms with Crippen LogP contribution in [0.25, 0.3) is 0 Å². The lowest BCUT2D eigenvalue weighted by molar-refractivity contribution is -0.0545. The second-order valence-electron chi connectivity index (χ2n) is 1.86. The summed E-state index contributed by atoms with van der Waals surface area (Å²) in [5.41, 5.74) is -1.63. The fourth-order valence-electron chi connectivity index (χ4n) is 0.605. The van der Waals surface area contributed by atoms with Gasteiger partial charge in [-0.25, -0.2) is 10.1 Å². The highest BCUT2D eigenvalue weighted by atomic mass is 32.2. The van der Waals surface area contributed by atoms with E-state index in [1.807, 2.05) is 0 Å². The van der Waals surface area contributed by atoms with E-state index < -0.39 is 15.6 Å². The summed E-state index contributed by atoms with van der Waals surface area (Å²) < 4.78 is 29.2. The van der Waals surface area contributed by atoms with Crippen LogP contribution in [0.4, 0.5) is 0 Å². The van der Waals surface area contributed by atoms with Crippen molar-refractivity contribution in [3.63, 3.8) is 0 Å². The van der Waals surface area contributed by atoms with Crippen molar-refractivity contribution in [2.45, 2.75) is 5.50 Å². The van der Waals surface area contributed by atoms with E-state index in [0.717, 1.165) is 6.20 Å². The van der Waals surface area contributed by atoms with Crippen molar-refractivity contribution in [3.05, 3.63) is 12.3 Å². The summed E-state index contributed by atoms with van der Waals surface area (Å²) in [5, 5.41) is 9.10. The molecule has 0 aromatic carbocycles. The molecule has 0 spiro atoms. The molecule has 0 amide bonds. The van der Waals surface area contributed by atoms with E-state index in [0.29, 0.717) is 5.06 Å². The molecule has 0 aliphatic carbocycles. The first-order valence-corrected chi connectivity index (χ1v) is 4.15. The first-order chi connectivity index (χ1) is 5.02. The van der Waals surface area contributed by atoms with Crippen molar-refractivity contribution in [3.8, 4) is 0 Å². The number of allylic oxidation sites excluding steroid dienone is 1. The number of hydrogen-bond acceptors (Lipinski definition) is 5. The average Bonchev–Trinajstić information content (AvgIpc) is 1.86. The van der Waals surface area contributed by atoms with Gasteiger partial charge in [-0.15, -0.1) is 0 Å². The molecule has 0 bridgehead atoms. The molecule has 1 unspecified atom stereocenters. The highest BCUT2D eigenvalue weighted by Gasteiger charge is 2.27. The lowest BCUT2D eigenvalue weighted by Crippen LogP contribution is -2.34. The van der Waals surface area contributed by atoms with E-state index in [1.54, 1.807) is 0 Å². The fraction of sp³-hybridized carbons (Fsp3) is 0.250. The summed E-state index contributed by atoms with van der Waals surface area (Å²) in [4.78, 5) is 3.31. The molecule has 0 saturated carbocycles. The predicted molar refractivity (Wildman–Crippen MR) is 36.6 cm³/mol. The van der Waals surface area contributed by atoms with E-state index in [9.17, 15) is 8.42 Å². The van der Waals surface area contributed by atoms with E-state index in [-0.39, 0.29) is 0 Å². The molecular weight excluding hydrogens is 172 g/mol. The molecule has 1 aliphatic heterocycles. The Morgan fingerprint density at radius 1 is 1.55 bits per heavy atom. The van der Waals surface area contributed by atoms with E-state index in [4.69, 9.17) is 9.76 Å². The van der Waals surface area contributed by atoms with E-state index in [2.05, 4.69) is 4.99 Å². The molecule has 0 radical (unpaired) electrons. The molecule has 1 rings (SSSR count). The first kappa shape index (κ1) is 8.18. The van der Waals surface area contributed by atoms with Gasteiger partial charge < -0.3 is 0 Å². The third kappa shape index (κ3) is 1.76. The Kier molecular flexibility index (Phi) is 1.94. The van der Waals surface area contributed by atoms with Crippen LogP contribution in [0.1, 0.15) is 0 Å². The number of hydrogen-bond donors (Lipinski definition) is 2. The lowest BCUT2D eigenvalue weighted by atomic mass is 10.6. The predicted octanol–water partition coefficient (Wildman–Crippen LogP) is -0.553. The van der Waals surface area contributed by atoms with Crippen molar-refractivity contribution < 1.29 is 18.2 Å². The summed E-state index contributed by atoms with van der Waals surface area (Å²) in [5.74, 6) is 0. The monoisotopic (exact) mass is 178 g/mol. The molecule has 1 aliphatic rings. The second-order valence-corrected chi connectivity index (χ2v) is 3.31. The van der Waals surface area contributed by atoms with Crippen LogP contribution in [-0.2, 0) is 10.1 Å². The van der Waals surface area contributed by atoms with Gasteiger partial charge in [-0.3, -0.25) is 9.76 Å². The Balaban J connectivity index is 2.91. The molecule has 0 aromatic rings. The van der Waals surface area contributed by atoms with Crippen molar-refractivity contribution in [2.75, 3.05) is 0 Å². The van der Waals surface area contributed by atoms with Gasteiger partial charge >= 0.3 is 10.1 Å². The molecule has 1 heterocycles. The largest absolute Gasteiger partial charge is 0.310 e. The quantitative estimate of drug-likeness (QED) is 0.525. The van der Waals surface area contributed by atoms with Gasteiger partial charge in [0.25, 0.3) is 5.50 Å². The van der Waals surface area contributed by atoms with Crippen molar-refractivity contribution in [1.82, 2.24) is 5.06 Å². The van der Waals surface area contributed by atoms with Crippen LogP contribution in [0.2, 0.25) is 0 Å². The van der Waals surface area contributed by atoms with Crippen LogP contribution in [0.15, 0.2) is 17.3 Å². The standard InChI is InChI=1S/C4H6N2O4S/c7-6-3-1-2-5-4(6)11(8,9)10/h1-4,7H,(H,8,9,10). The molecule has 2 N–H and O–H groups in total. The zero-order chi connectivity index (χ0) is 8.48. The third-order valence-corrected chi connectivity index (χ3v) is 1.90.